The van der Waals surface area contributed by atoms with Crippen molar-refractivity contribution in [3.63, 3.8) is 0 Å². The summed E-state index contributed by atoms with van der Waals surface area (Å²) in [5.74, 6) is 0. The molecule has 1 aromatic heterocycles. The minimum Gasteiger partial charge on any atom is -0.399 e. The molecule has 0 aliphatic heterocycles. The summed E-state index contributed by atoms with van der Waals surface area (Å²) in [7, 11) is 1.57. The lowest BCUT2D eigenvalue weighted by atomic mass is 10.1. The third kappa shape index (κ3) is 1.77. The molecule has 3 aromatic rings. The fraction of sp³-hybridized carbons (Fsp3) is 0.133. The number of benzene rings is 2. The van der Waals surface area contributed by atoms with Crippen molar-refractivity contribution >= 4 is 27.4 Å². The third-order valence-electron chi connectivity index (χ3n) is 3.26. The van der Waals surface area contributed by atoms with Gasteiger partial charge in [0.1, 0.15) is 6.73 Å². The second-order valence-electron chi connectivity index (χ2n) is 4.47. The summed E-state index contributed by atoms with van der Waals surface area (Å²) in [5, 5.41) is 2.56. The Morgan fingerprint density at radius 3 is 2.58 bits per heavy atom. The second-order valence-corrected chi connectivity index (χ2v) is 4.47. The first kappa shape index (κ1) is 11.7. The van der Waals surface area contributed by atoms with Crippen LogP contribution >= 0.6 is 0 Å². The van der Waals surface area contributed by atoms with E-state index >= 15 is 0 Å². The van der Waals surface area contributed by atoms with E-state index in [9.17, 15) is 4.79 Å². The maximum atomic E-state index is 12.5. The Balaban J connectivity index is 2.58. The largest absolute Gasteiger partial charge is 0.399 e. The normalized spacial score (nSPS) is 11.2. The minimum absolute atomic E-state index is 0.0466. The summed E-state index contributed by atoms with van der Waals surface area (Å²) in [4.78, 5) is 12.5. The van der Waals surface area contributed by atoms with Gasteiger partial charge in [0.05, 0.1) is 5.52 Å². The average Bonchev–Trinajstić information content (AvgIpc) is 2.44. The number of aromatic nitrogens is 1. The lowest BCUT2D eigenvalue weighted by molar-refractivity contribution is 0.132. The van der Waals surface area contributed by atoms with E-state index in [1.807, 2.05) is 36.4 Å². The fourth-order valence-electron chi connectivity index (χ4n) is 2.42. The number of hydrogen-bond donors (Lipinski definition) is 1. The van der Waals surface area contributed by atoms with Gasteiger partial charge in [0, 0.05) is 23.6 Å². The molecule has 96 valence electrons. The first-order valence-corrected chi connectivity index (χ1v) is 6.02. The highest BCUT2D eigenvalue weighted by Gasteiger charge is 2.10. The minimum atomic E-state index is -0.0466. The van der Waals surface area contributed by atoms with Crippen LogP contribution in [-0.2, 0) is 11.5 Å². The highest BCUT2D eigenvalue weighted by Crippen LogP contribution is 2.24. The number of ether oxygens (including phenoxy) is 1. The number of hydrogen-bond acceptors (Lipinski definition) is 3. The van der Waals surface area contributed by atoms with Crippen molar-refractivity contribution in [3.8, 4) is 0 Å². The molecule has 0 atom stereocenters. The summed E-state index contributed by atoms with van der Waals surface area (Å²) in [5.41, 5.74) is 7.33. The monoisotopic (exact) mass is 254 g/mol. The summed E-state index contributed by atoms with van der Waals surface area (Å²) in [6.45, 7) is 0.226. The van der Waals surface area contributed by atoms with Gasteiger partial charge >= 0.3 is 0 Å². The number of methoxy groups -OCH3 is 1. The zero-order valence-electron chi connectivity index (χ0n) is 10.6. The van der Waals surface area contributed by atoms with Crippen LogP contribution in [0.2, 0.25) is 0 Å². The average molecular weight is 254 g/mol. The molecule has 0 aliphatic rings. The van der Waals surface area contributed by atoms with Crippen LogP contribution in [0.15, 0.2) is 47.3 Å². The van der Waals surface area contributed by atoms with E-state index in [1.165, 1.54) is 0 Å². The molecule has 0 saturated carbocycles. The highest BCUT2D eigenvalue weighted by molar-refractivity contribution is 6.06. The van der Waals surface area contributed by atoms with Crippen LogP contribution in [-0.4, -0.2) is 11.7 Å². The van der Waals surface area contributed by atoms with Gasteiger partial charge in [-0.15, -0.1) is 0 Å². The van der Waals surface area contributed by atoms with Crippen molar-refractivity contribution in [2.75, 3.05) is 12.8 Å². The summed E-state index contributed by atoms with van der Waals surface area (Å²) in [6, 6.07) is 13.1. The van der Waals surface area contributed by atoms with E-state index in [0.717, 1.165) is 16.3 Å². The fourth-order valence-corrected chi connectivity index (χ4v) is 2.42. The van der Waals surface area contributed by atoms with Crippen molar-refractivity contribution in [2.45, 2.75) is 6.73 Å². The van der Waals surface area contributed by atoms with Gasteiger partial charge in [-0.3, -0.25) is 9.36 Å². The molecule has 3 rings (SSSR count). The quantitative estimate of drug-likeness (QED) is 0.564. The van der Waals surface area contributed by atoms with Gasteiger partial charge in [-0.05, 0) is 29.7 Å². The van der Waals surface area contributed by atoms with Crippen LogP contribution in [0.5, 0.6) is 0 Å². The Hall–Kier alpha value is -2.33. The molecule has 0 unspecified atom stereocenters. The number of rotatable bonds is 2. The molecule has 2 N–H and O–H groups in total. The van der Waals surface area contributed by atoms with Crippen LogP contribution in [0, 0.1) is 0 Å². The maximum Gasteiger partial charge on any atom is 0.260 e. The second kappa shape index (κ2) is 4.40. The van der Waals surface area contributed by atoms with Gasteiger partial charge in [-0.25, -0.2) is 0 Å². The lowest BCUT2D eigenvalue weighted by Crippen LogP contribution is -2.21. The van der Waals surface area contributed by atoms with Gasteiger partial charge in [0.25, 0.3) is 5.56 Å². The summed E-state index contributed by atoms with van der Waals surface area (Å²) in [6.07, 6.45) is 0. The Morgan fingerprint density at radius 1 is 1.11 bits per heavy atom. The molecule has 0 saturated heterocycles. The van der Waals surface area contributed by atoms with Crippen molar-refractivity contribution in [1.82, 2.24) is 4.57 Å². The van der Waals surface area contributed by atoms with Gasteiger partial charge in [0.2, 0.25) is 0 Å². The molecule has 4 nitrogen and oxygen atoms in total. The zero-order chi connectivity index (χ0) is 13.4. The number of fused-ring (bicyclic) bond motifs is 3. The van der Waals surface area contributed by atoms with Crippen LogP contribution in [0.4, 0.5) is 5.69 Å². The molecule has 0 amide bonds. The Kier molecular flexibility index (Phi) is 2.72. The Bertz CT molecular complexity index is 821. The van der Waals surface area contributed by atoms with E-state index in [1.54, 1.807) is 17.7 Å². The molecule has 1 heterocycles. The first-order chi connectivity index (χ1) is 9.22. The van der Waals surface area contributed by atoms with Gasteiger partial charge in [-0.2, -0.15) is 0 Å². The summed E-state index contributed by atoms with van der Waals surface area (Å²) >= 11 is 0. The van der Waals surface area contributed by atoms with Crippen molar-refractivity contribution in [3.05, 3.63) is 52.8 Å². The van der Waals surface area contributed by atoms with Crippen LogP contribution in [0.1, 0.15) is 0 Å². The smallest absolute Gasteiger partial charge is 0.260 e. The summed E-state index contributed by atoms with van der Waals surface area (Å²) < 4.78 is 6.75. The van der Waals surface area contributed by atoms with Crippen LogP contribution < -0.4 is 11.3 Å². The molecule has 0 aliphatic carbocycles. The predicted octanol–water partition coefficient (Wildman–Crippen LogP) is 2.34. The van der Waals surface area contributed by atoms with E-state index in [4.69, 9.17) is 10.5 Å². The van der Waals surface area contributed by atoms with E-state index in [2.05, 4.69) is 0 Å². The zero-order valence-corrected chi connectivity index (χ0v) is 10.6. The molecule has 0 bridgehead atoms. The van der Waals surface area contributed by atoms with E-state index in [0.29, 0.717) is 11.1 Å². The molecule has 2 aromatic carbocycles. The number of nitrogens with zero attached hydrogens (tertiary/aromatic N) is 1. The first-order valence-electron chi connectivity index (χ1n) is 6.02. The SMILES string of the molecule is COCn1c(=O)c2ccccc2c2cc(N)ccc21. The lowest BCUT2D eigenvalue weighted by Gasteiger charge is -2.12. The standard InChI is InChI=1S/C15H14N2O2/c1-19-9-17-14-7-6-10(16)8-13(14)11-4-2-3-5-12(11)15(17)18/h2-8H,9,16H2,1H3. The predicted molar refractivity (Wildman–Crippen MR) is 77.1 cm³/mol. The molecular weight excluding hydrogens is 240 g/mol. The van der Waals surface area contributed by atoms with Gasteiger partial charge in [0.15, 0.2) is 0 Å². The third-order valence-corrected chi connectivity index (χ3v) is 3.26. The molecule has 0 fully saturated rings. The van der Waals surface area contributed by atoms with Gasteiger partial charge in [-0.1, -0.05) is 18.2 Å². The Labute approximate surface area is 110 Å². The van der Waals surface area contributed by atoms with Crippen molar-refractivity contribution in [1.29, 1.82) is 0 Å². The molecule has 0 spiro atoms. The number of anilines is 1. The Morgan fingerprint density at radius 2 is 1.84 bits per heavy atom. The number of nitrogen functional groups attached to an aromatic ring is 1. The van der Waals surface area contributed by atoms with Crippen LogP contribution in [0.25, 0.3) is 21.7 Å². The molecule has 4 heteroatoms. The highest BCUT2D eigenvalue weighted by atomic mass is 16.5. The van der Waals surface area contributed by atoms with E-state index < -0.39 is 0 Å². The topological polar surface area (TPSA) is 57.2 Å². The molecular formula is C15H14N2O2. The van der Waals surface area contributed by atoms with E-state index in [-0.39, 0.29) is 12.3 Å². The van der Waals surface area contributed by atoms with Crippen molar-refractivity contribution in [2.24, 2.45) is 0 Å². The number of pyridine rings is 1. The molecule has 19 heavy (non-hydrogen) atoms. The maximum absolute atomic E-state index is 12.5. The number of nitrogens with two attached hydrogens (primary N) is 1. The van der Waals surface area contributed by atoms with Crippen LogP contribution in [0.3, 0.4) is 0 Å². The van der Waals surface area contributed by atoms with Crippen molar-refractivity contribution < 1.29 is 4.74 Å². The molecule has 0 radical (unpaired) electrons. The van der Waals surface area contributed by atoms with Gasteiger partial charge < -0.3 is 10.5 Å².